The van der Waals surface area contributed by atoms with Gasteiger partial charge in [-0.2, -0.15) is 0 Å². The molecule has 1 amide bonds. The van der Waals surface area contributed by atoms with Crippen molar-refractivity contribution < 1.29 is 37.3 Å². The van der Waals surface area contributed by atoms with Gasteiger partial charge in [-0.25, -0.2) is 0 Å². The standard InChI is InChI=1S/C71H133N2O7P/c1-7-10-13-16-19-22-25-28-30-31-32-33-34-35-36-37-38-39-40-41-43-45-48-51-54-57-60-63-70(74)72-68(67-79-81(76,77)78-66-65-73(4,5)6)69(62-59-56-53-50-47-44-27-24-21-18-15-12-9-3)80-71(75)64-61-58-55-52-49-46-42-29-26-23-20-17-14-11-8-2/h19,22,28,30,32-33,35-36,59,62,68-69H,7-18,20-21,23-27,29,31,34,37-58,60-61,63-67H2,1-6H3,(H-,72,74,76,77)/b22-19-,30-28-,33-32-,36-35-,62-59-. The Kier molecular flexibility index (Phi) is 59.1. The maximum atomic E-state index is 13.6. The van der Waals surface area contributed by atoms with E-state index in [0.29, 0.717) is 17.4 Å². The van der Waals surface area contributed by atoms with Crippen molar-refractivity contribution in [3.63, 3.8) is 0 Å². The molecule has 0 spiro atoms. The molecule has 0 fully saturated rings. The first-order valence-electron chi connectivity index (χ1n) is 34.6. The zero-order valence-corrected chi connectivity index (χ0v) is 55.1. The molecular weight excluding hydrogens is 1020 g/mol. The average molecular weight is 1160 g/mol. The van der Waals surface area contributed by atoms with Crippen molar-refractivity contribution in [3.8, 4) is 0 Å². The number of unbranched alkanes of at least 4 members (excludes halogenated alkanes) is 39. The number of rotatable bonds is 63. The highest BCUT2D eigenvalue weighted by Gasteiger charge is 2.27. The lowest BCUT2D eigenvalue weighted by molar-refractivity contribution is -0.870. The molecule has 0 heterocycles. The molecule has 0 aromatic heterocycles. The first kappa shape index (κ1) is 78.7. The number of esters is 1. The van der Waals surface area contributed by atoms with Crippen LogP contribution in [0.2, 0.25) is 0 Å². The summed E-state index contributed by atoms with van der Waals surface area (Å²) in [6, 6.07) is -0.889. The Morgan fingerprint density at radius 1 is 0.432 bits per heavy atom. The van der Waals surface area contributed by atoms with E-state index in [0.717, 1.165) is 77.0 Å². The molecule has 0 radical (unpaired) electrons. The number of allylic oxidation sites excluding steroid dienone is 9. The number of quaternary nitrogens is 1. The van der Waals surface area contributed by atoms with Gasteiger partial charge in [-0.3, -0.25) is 14.2 Å². The van der Waals surface area contributed by atoms with Gasteiger partial charge in [0, 0.05) is 12.8 Å². The number of carbonyl (C=O) groups excluding carboxylic acids is 2. The van der Waals surface area contributed by atoms with Crippen molar-refractivity contribution in [3.05, 3.63) is 60.8 Å². The molecule has 0 saturated carbocycles. The van der Waals surface area contributed by atoms with E-state index >= 15 is 0 Å². The average Bonchev–Trinajstić information content (AvgIpc) is 3.44. The van der Waals surface area contributed by atoms with Crippen molar-refractivity contribution in [1.82, 2.24) is 5.32 Å². The van der Waals surface area contributed by atoms with Gasteiger partial charge in [0.1, 0.15) is 19.3 Å². The van der Waals surface area contributed by atoms with Gasteiger partial charge in [0.05, 0.1) is 33.8 Å². The minimum absolute atomic E-state index is 0.0222. The van der Waals surface area contributed by atoms with Crippen LogP contribution in [0, 0.1) is 0 Å². The summed E-state index contributed by atoms with van der Waals surface area (Å²) in [6.45, 7) is 6.85. The van der Waals surface area contributed by atoms with E-state index in [4.69, 9.17) is 13.8 Å². The molecule has 0 rings (SSSR count). The van der Waals surface area contributed by atoms with E-state index in [9.17, 15) is 19.0 Å². The molecule has 0 aliphatic rings. The summed E-state index contributed by atoms with van der Waals surface area (Å²) in [5.74, 6) is -0.531. The van der Waals surface area contributed by atoms with Crippen LogP contribution in [0.4, 0.5) is 0 Å². The van der Waals surface area contributed by atoms with E-state index in [1.54, 1.807) is 0 Å². The van der Waals surface area contributed by atoms with E-state index in [1.807, 2.05) is 33.3 Å². The number of likely N-dealkylation sites (N-methyl/N-ethyl adjacent to an activating group) is 1. The fourth-order valence-electron chi connectivity index (χ4n) is 10.1. The van der Waals surface area contributed by atoms with E-state index < -0.39 is 20.0 Å². The molecule has 0 aliphatic carbocycles. The van der Waals surface area contributed by atoms with Gasteiger partial charge >= 0.3 is 5.97 Å². The fraction of sp³-hybridized carbons (Fsp3) is 0.831. The van der Waals surface area contributed by atoms with Crippen LogP contribution < -0.4 is 10.2 Å². The molecular formula is C71H133N2O7P. The van der Waals surface area contributed by atoms with Gasteiger partial charge in [0.25, 0.3) is 7.82 Å². The maximum Gasteiger partial charge on any atom is 0.306 e. The molecule has 3 atom stereocenters. The monoisotopic (exact) mass is 1160 g/mol. The van der Waals surface area contributed by atoms with E-state index in [-0.39, 0.29) is 31.5 Å². The predicted octanol–water partition coefficient (Wildman–Crippen LogP) is 21.2. The smallest absolute Gasteiger partial charge is 0.306 e. The van der Waals surface area contributed by atoms with Crippen molar-refractivity contribution in [2.75, 3.05) is 40.9 Å². The Labute approximate surface area is 502 Å². The van der Waals surface area contributed by atoms with Crippen LogP contribution in [0.15, 0.2) is 60.8 Å². The third-order valence-electron chi connectivity index (χ3n) is 15.5. The third-order valence-corrected chi connectivity index (χ3v) is 16.4. The van der Waals surface area contributed by atoms with Crippen molar-refractivity contribution >= 4 is 19.7 Å². The number of nitrogens with zero attached hydrogens (tertiary/aromatic N) is 1. The van der Waals surface area contributed by atoms with Crippen molar-refractivity contribution in [2.45, 2.75) is 341 Å². The molecule has 3 unspecified atom stereocenters. The Balaban J connectivity index is 5.07. The molecule has 0 aliphatic heterocycles. The SMILES string of the molecule is CCCCC/C=C\C/C=C\C/C=C\C/C=C\CCCCCCCCCCCCCC(=O)NC(COP(=O)([O-])OCC[N+](C)(C)C)C(/C=C\CCCCCCCCCCCCC)OC(=O)CCCCCCCCCCCCCCCCC. The van der Waals surface area contributed by atoms with E-state index in [1.165, 1.54) is 218 Å². The number of hydrogen-bond donors (Lipinski definition) is 1. The second kappa shape index (κ2) is 60.8. The quantitative estimate of drug-likeness (QED) is 0.0212. The lowest BCUT2D eigenvalue weighted by Crippen LogP contribution is -2.47. The summed E-state index contributed by atoms with van der Waals surface area (Å²) in [4.78, 5) is 40.1. The first-order chi connectivity index (χ1) is 39.4. The lowest BCUT2D eigenvalue weighted by atomic mass is 10.0. The summed E-state index contributed by atoms with van der Waals surface area (Å²) in [5.41, 5.74) is 0. The second-order valence-electron chi connectivity index (χ2n) is 24.7. The summed E-state index contributed by atoms with van der Waals surface area (Å²) < 4.78 is 30.4. The zero-order chi connectivity index (χ0) is 59.3. The summed E-state index contributed by atoms with van der Waals surface area (Å²) >= 11 is 0. The largest absolute Gasteiger partial charge is 0.756 e. The summed E-state index contributed by atoms with van der Waals surface area (Å²) in [5, 5.41) is 3.04. The minimum atomic E-state index is -4.70. The van der Waals surface area contributed by atoms with Gasteiger partial charge < -0.3 is 28.5 Å². The molecule has 1 N–H and O–H groups in total. The van der Waals surface area contributed by atoms with Crippen molar-refractivity contribution in [1.29, 1.82) is 0 Å². The second-order valence-corrected chi connectivity index (χ2v) is 26.1. The number of hydrogen-bond acceptors (Lipinski definition) is 7. The van der Waals surface area contributed by atoms with Crippen molar-refractivity contribution in [2.24, 2.45) is 0 Å². The molecule has 81 heavy (non-hydrogen) atoms. The van der Waals surface area contributed by atoms with Crippen LogP contribution in [-0.4, -0.2) is 69.4 Å². The predicted molar refractivity (Wildman–Crippen MR) is 349 cm³/mol. The van der Waals surface area contributed by atoms with Crippen LogP contribution in [-0.2, 0) is 27.9 Å². The normalized spacial score (nSPS) is 13.9. The number of nitrogens with one attached hydrogen (secondary N) is 1. The highest BCUT2D eigenvalue weighted by molar-refractivity contribution is 7.45. The Morgan fingerprint density at radius 2 is 0.753 bits per heavy atom. The van der Waals surface area contributed by atoms with Gasteiger partial charge in [-0.05, 0) is 76.7 Å². The Morgan fingerprint density at radius 3 is 1.15 bits per heavy atom. The van der Waals surface area contributed by atoms with Crippen LogP contribution in [0.3, 0.4) is 0 Å². The zero-order valence-electron chi connectivity index (χ0n) is 54.2. The number of carbonyl (C=O) groups is 2. The van der Waals surface area contributed by atoms with Crippen LogP contribution in [0.25, 0.3) is 0 Å². The highest BCUT2D eigenvalue weighted by Crippen LogP contribution is 2.38. The molecule has 0 saturated heterocycles. The molecule has 0 aromatic carbocycles. The number of phosphoric ester groups is 1. The van der Waals surface area contributed by atoms with Gasteiger partial charge in [0.15, 0.2) is 0 Å². The first-order valence-corrected chi connectivity index (χ1v) is 36.1. The molecule has 10 heteroatoms. The summed E-state index contributed by atoms with van der Waals surface area (Å²) in [7, 11) is 1.19. The summed E-state index contributed by atoms with van der Waals surface area (Å²) in [6.07, 6.45) is 77.6. The Bertz CT molecular complexity index is 1570. The molecule has 0 bridgehead atoms. The molecule has 474 valence electrons. The third kappa shape index (κ3) is 62.1. The number of ether oxygens (including phenoxy) is 1. The van der Waals surface area contributed by atoms with Gasteiger partial charge in [0.2, 0.25) is 5.91 Å². The van der Waals surface area contributed by atoms with Gasteiger partial charge in [-0.15, -0.1) is 0 Å². The Hall–Kier alpha value is -2.29. The highest BCUT2D eigenvalue weighted by atomic mass is 31.2. The van der Waals surface area contributed by atoms with Gasteiger partial charge in [-0.1, -0.05) is 300 Å². The number of phosphoric acid groups is 1. The topological polar surface area (TPSA) is 114 Å². The lowest BCUT2D eigenvalue weighted by Gasteiger charge is -2.30. The minimum Gasteiger partial charge on any atom is -0.756 e. The van der Waals surface area contributed by atoms with Crippen LogP contribution in [0.5, 0.6) is 0 Å². The molecule has 9 nitrogen and oxygen atoms in total. The van der Waals surface area contributed by atoms with Crippen LogP contribution in [0.1, 0.15) is 329 Å². The number of amides is 1. The van der Waals surface area contributed by atoms with E-state index in [2.05, 4.69) is 74.7 Å². The fourth-order valence-corrected chi connectivity index (χ4v) is 10.8. The molecule has 0 aromatic rings. The maximum absolute atomic E-state index is 13.6. The van der Waals surface area contributed by atoms with Crippen LogP contribution >= 0.6 is 7.82 Å².